The molecule has 5 unspecified atom stereocenters. The fraction of sp³-hybridized carbons (Fsp3) is 0.500. The van der Waals surface area contributed by atoms with E-state index in [1.54, 1.807) is 12.1 Å². The minimum atomic E-state index is -1.66. The van der Waals surface area contributed by atoms with Crippen LogP contribution in [0, 0.1) is 0 Å². The summed E-state index contributed by atoms with van der Waals surface area (Å²) < 4.78 is 16.5. The fourth-order valence-corrected chi connectivity index (χ4v) is 6.62. The number of nitrogens with one attached hydrogen (secondary N) is 1. The molecule has 2 fully saturated rings. The van der Waals surface area contributed by atoms with Crippen molar-refractivity contribution in [1.29, 1.82) is 0 Å². The quantitative estimate of drug-likeness (QED) is 0.273. The molecule has 0 saturated carbocycles. The van der Waals surface area contributed by atoms with Crippen molar-refractivity contribution in [2.75, 3.05) is 27.9 Å². The molecule has 2 aliphatic heterocycles. The van der Waals surface area contributed by atoms with E-state index in [1.807, 2.05) is 30.3 Å². The summed E-state index contributed by atoms with van der Waals surface area (Å²) in [4.78, 5) is 55.5. The maximum atomic E-state index is 14.4. The number of methoxy groups -OCH3 is 3. The molecule has 0 bridgehead atoms. The second-order valence-corrected chi connectivity index (χ2v) is 11.6. The van der Waals surface area contributed by atoms with Gasteiger partial charge in [0, 0.05) is 19.0 Å². The topological polar surface area (TPSA) is 181 Å². The van der Waals surface area contributed by atoms with Crippen LogP contribution in [0.15, 0.2) is 42.5 Å². The van der Waals surface area contributed by atoms with Gasteiger partial charge < -0.3 is 40.4 Å². The van der Waals surface area contributed by atoms with E-state index in [0.29, 0.717) is 48.5 Å². The van der Waals surface area contributed by atoms with Gasteiger partial charge in [-0.3, -0.25) is 19.3 Å². The number of primary amides is 1. The van der Waals surface area contributed by atoms with Crippen molar-refractivity contribution >= 4 is 23.8 Å². The average molecular weight is 627 g/mol. The summed E-state index contributed by atoms with van der Waals surface area (Å²) in [5.74, 6) is -1.02. The van der Waals surface area contributed by atoms with Gasteiger partial charge in [-0.25, -0.2) is 4.79 Å². The number of aliphatic hydroxyl groups is 1. The number of nitrogens with two attached hydrogens (primary N) is 1. The number of carboxylic acid groups (broad SMARTS) is 1. The van der Waals surface area contributed by atoms with Crippen molar-refractivity contribution < 1.29 is 43.6 Å². The second-order valence-electron chi connectivity index (χ2n) is 11.6. The molecular weight excluding hydrogens is 584 g/mol. The minimum absolute atomic E-state index is 0.00785. The van der Waals surface area contributed by atoms with E-state index in [2.05, 4.69) is 5.32 Å². The Balaban J connectivity index is 1.72. The molecule has 4 rings (SSSR count). The summed E-state index contributed by atoms with van der Waals surface area (Å²) in [5.41, 5.74) is 5.34. The SMILES string of the molecule is COc1cc(CC2(C(=O)NC(C)C(O)C(N)=O)CCCN2C(=O)C2CCC(Cc3ccccc3)N2C(=O)O)cc(OC)c1OC. The number of carbonyl (C=O) groups excluding carboxylic acids is 3. The number of carbonyl (C=O) groups is 4. The van der Waals surface area contributed by atoms with Gasteiger partial charge in [0.15, 0.2) is 17.6 Å². The zero-order chi connectivity index (χ0) is 32.9. The van der Waals surface area contributed by atoms with Gasteiger partial charge in [-0.05, 0) is 62.3 Å². The molecule has 2 aromatic carbocycles. The van der Waals surface area contributed by atoms with Gasteiger partial charge in [-0.15, -0.1) is 0 Å². The Bertz CT molecular complexity index is 1380. The molecule has 2 saturated heterocycles. The molecule has 0 radical (unpaired) electrons. The van der Waals surface area contributed by atoms with E-state index in [9.17, 15) is 29.4 Å². The first-order chi connectivity index (χ1) is 21.5. The standard InChI is InChI=1S/C32H42N4O9/c1-19(26(37)28(33)38)34-30(40)32(18-21-16-24(43-2)27(45-4)25(17-21)44-3)13-8-14-35(32)29(39)23-12-11-22(36(23)31(41)42)15-20-9-6-5-7-10-20/h5-7,9-10,16-17,19,22-23,26,37H,8,11-15,18H2,1-4H3,(H2,33,38)(H,34,40)(H,41,42). The maximum Gasteiger partial charge on any atom is 0.408 e. The maximum absolute atomic E-state index is 14.4. The highest BCUT2D eigenvalue weighted by Gasteiger charge is 2.54. The molecule has 244 valence electrons. The van der Waals surface area contributed by atoms with Crippen molar-refractivity contribution in [1.82, 2.24) is 15.1 Å². The first-order valence-electron chi connectivity index (χ1n) is 14.9. The number of rotatable bonds is 12. The van der Waals surface area contributed by atoms with Crippen LogP contribution in [-0.4, -0.2) is 101 Å². The molecule has 45 heavy (non-hydrogen) atoms. The number of amides is 4. The van der Waals surface area contributed by atoms with Gasteiger partial charge in [-0.1, -0.05) is 30.3 Å². The summed E-state index contributed by atoms with van der Waals surface area (Å²) >= 11 is 0. The van der Waals surface area contributed by atoms with Crippen molar-refractivity contribution in [2.24, 2.45) is 5.73 Å². The molecule has 5 atom stereocenters. The van der Waals surface area contributed by atoms with Gasteiger partial charge in [-0.2, -0.15) is 0 Å². The second kappa shape index (κ2) is 14.1. The third-order valence-electron chi connectivity index (χ3n) is 8.85. The lowest BCUT2D eigenvalue weighted by molar-refractivity contribution is -0.149. The lowest BCUT2D eigenvalue weighted by atomic mass is 9.85. The van der Waals surface area contributed by atoms with Gasteiger partial charge in [0.25, 0.3) is 0 Å². The first-order valence-corrected chi connectivity index (χ1v) is 14.9. The van der Waals surface area contributed by atoms with Crippen LogP contribution in [0.4, 0.5) is 4.79 Å². The molecule has 0 aliphatic carbocycles. The molecule has 2 aromatic rings. The molecule has 13 heteroatoms. The summed E-state index contributed by atoms with van der Waals surface area (Å²) in [7, 11) is 4.40. The molecule has 5 N–H and O–H groups in total. The van der Waals surface area contributed by atoms with Crippen molar-refractivity contribution in [2.45, 2.75) is 75.2 Å². The number of nitrogens with zero attached hydrogens (tertiary/aromatic N) is 2. The largest absolute Gasteiger partial charge is 0.493 e. The third-order valence-corrected chi connectivity index (χ3v) is 8.85. The number of likely N-dealkylation sites (tertiary alicyclic amines) is 2. The smallest absolute Gasteiger partial charge is 0.408 e. The molecule has 13 nitrogen and oxygen atoms in total. The number of benzene rings is 2. The summed E-state index contributed by atoms with van der Waals surface area (Å²) in [5, 5.41) is 23.2. The Morgan fingerprint density at radius 2 is 1.67 bits per heavy atom. The van der Waals surface area contributed by atoms with Crippen LogP contribution >= 0.6 is 0 Å². The summed E-state index contributed by atoms with van der Waals surface area (Å²) in [6.07, 6.45) is -0.906. The molecule has 4 amide bonds. The average Bonchev–Trinajstić information content (AvgIpc) is 3.65. The molecule has 2 aliphatic rings. The molecule has 2 heterocycles. The zero-order valence-electron chi connectivity index (χ0n) is 26.0. The van der Waals surface area contributed by atoms with Gasteiger partial charge >= 0.3 is 6.09 Å². The molecule has 0 aromatic heterocycles. The molecular formula is C32H42N4O9. The Labute approximate surface area is 262 Å². The highest BCUT2D eigenvalue weighted by molar-refractivity contribution is 5.95. The monoisotopic (exact) mass is 626 g/mol. The Kier molecular flexibility index (Phi) is 10.4. The Morgan fingerprint density at radius 3 is 2.22 bits per heavy atom. The van der Waals surface area contributed by atoms with E-state index >= 15 is 0 Å². The van der Waals surface area contributed by atoms with Crippen LogP contribution in [0.2, 0.25) is 0 Å². The minimum Gasteiger partial charge on any atom is -0.493 e. The number of hydrogen-bond donors (Lipinski definition) is 4. The Hall–Kier alpha value is -4.52. The highest BCUT2D eigenvalue weighted by Crippen LogP contribution is 2.42. The van der Waals surface area contributed by atoms with Gasteiger partial charge in [0.2, 0.25) is 23.5 Å². The van der Waals surface area contributed by atoms with Gasteiger partial charge in [0.1, 0.15) is 11.6 Å². The first kappa shape index (κ1) is 33.4. The fourth-order valence-electron chi connectivity index (χ4n) is 6.62. The number of ether oxygens (including phenoxy) is 3. The van der Waals surface area contributed by atoms with E-state index in [-0.39, 0.29) is 19.4 Å². The Morgan fingerprint density at radius 1 is 1.02 bits per heavy atom. The van der Waals surface area contributed by atoms with E-state index in [4.69, 9.17) is 19.9 Å². The number of hydrogen-bond acceptors (Lipinski definition) is 8. The summed E-state index contributed by atoms with van der Waals surface area (Å²) in [6, 6.07) is 10.4. The van der Waals surface area contributed by atoms with E-state index in [0.717, 1.165) is 5.56 Å². The lowest BCUT2D eigenvalue weighted by Crippen LogP contribution is -2.64. The summed E-state index contributed by atoms with van der Waals surface area (Å²) in [6.45, 7) is 1.65. The van der Waals surface area contributed by atoms with Crippen LogP contribution < -0.4 is 25.3 Å². The highest BCUT2D eigenvalue weighted by atomic mass is 16.5. The van der Waals surface area contributed by atoms with E-state index in [1.165, 1.54) is 38.1 Å². The number of aliphatic hydroxyl groups excluding tert-OH is 1. The van der Waals surface area contributed by atoms with Gasteiger partial charge in [0.05, 0.1) is 27.4 Å². The van der Waals surface area contributed by atoms with Crippen LogP contribution in [0.25, 0.3) is 0 Å². The van der Waals surface area contributed by atoms with E-state index < -0.39 is 53.6 Å². The van der Waals surface area contributed by atoms with Crippen LogP contribution in [-0.2, 0) is 27.2 Å². The zero-order valence-corrected chi connectivity index (χ0v) is 26.0. The molecule has 0 spiro atoms. The van der Waals surface area contributed by atoms with Crippen LogP contribution in [0.5, 0.6) is 17.2 Å². The van der Waals surface area contributed by atoms with Crippen molar-refractivity contribution in [3.8, 4) is 17.2 Å². The van der Waals surface area contributed by atoms with Crippen molar-refractivity contribution in [3.63, 3.8) is 0 Å². The normalized spacial score (nSPS) is 22.4. The van der Waals surface area contributed by atoms with Crippen LogP contribution in [0.1, 0.15) is 43.7 Å². The predicted molar refractivity (Wildman–Crippen MR) is 163 cm³/mol. The van der Waals surface area contributed by atoms with Crippen LogP contribution in [0.3, 0.4) is 0 Å². The lowest BCUT2D eigenvalue weighted by Gasteiger charge is -2.41. The third kappa shape index (κ3) is 6.77. The van der Waals surface area contributed by atoms with Crippen molar-refractivity contribution in [3.05, 3.63) is 53.6 Å². The predicted octanol–water partition coefficient (Wildman–Crippen LogP) is 1.72.